The molecule has 0 aromatic heterocycles. The zero-order valence-electron chi connectivity index (χ0n) is 11.5. The van der Waals surface area contributed by atoms with Crippen molar-refractivity contribution in [3.05, 3.63) is 35.9 Å². The summed E-state index contributed by atoms with van der Waals surface area (Å²) in [7, 11) is 0. The fourth-order valence-corrected chi connectivity index (χ4v) is 1.71. The molecule has 1 atom stereocenters. The van der Waals surface area contributed by atoms with Gasteiger partial charge in [-0.1, -0.05) is 37.3 Å². The maximum atomic E-state index is 11.7. The average molecular weight is 280 g/mol. The monoisotopic (exact) mass is 280 g/mol. The Balaban J connectivity index is 2.28. The zero-order valence-corrected chi connectivity index (χ0v) is 11.5. The van der Waals surface area contributed by atoms with Crippen molar-refractivity contribution in [3.8, 4) is 0 Å². The van der Waals surface area contributed by atoms with Gasteiger partial charge < -0.3 is 20.5 Å². The normalized spacial score (nSPS) is 11.7. The van der Waals surface area contributed by atoms with Gasteiger partial charge in [-0.05, 0) is 12.0 Å². The fourth-order valence-electron chi connectivity index (χ4n) is 1.71. The van der Waals surface area contributed by atoms with E-state index in [4.69, 9.17) is 9.84 Å². The smallest absolute Gasteiger partial charge is 0.329 e. The van der Waals surface area contributed by atoms with Gasteiger partial charge >= 0.3 is 12.0 Å². The Morgan fingerprint density at radius 1 is 1.30 bits per heavy atom. The summed E-state index contributed by atoms with van der Waals surface area (Å²) in [5.74, 6) is -1.02. The van der Waals surface area contributed by atoms with Gasteiger partial charge in [0.15, 0.2) is 0 Å². The van der Waals surface area contributed by atoms with Crippen LogP contribution >= 0.6 is 0 Å². The number of urea groups is 1. The summed E-state index contributed by atoms with van der Waals surface area (Å²) in [6.45, 7) is 2.07. The second-order valence-electron chi connectivity index (χ2n) is 4.22. The highest BCUT2D eigenvalue weighted by atomic mass is 16.5. The van der Waals surface area contributed by atoms with Gasteiger partial charge in [-0.25, -0.2) is 9.59 Å². The van der Waals surface area contributed by atoms with Gasteiger partial charge in [0.05, 0.1) is 12.6 Å². The molecule has 0 saturated carbocycles. The van der Waals surface area contributed by atoms with E-state index in [1.54, 1.807) is 0 Å². The minimum absolute atomic E-state index is 0.0452. The minimum Gasteiger partial charge on any atom is -0.480 e. The number of hydrogen-bond acceptors (Lipinski definition) is 3. The van der Waals surface area contributed by atoms with E-state index in [9.17, 15) is 9.59 Å². The number of carbonyl (C=O) groups is 2. The molecular formula is C14H20N2O4. The third-order valence-electron chi connectivity index (χ3n) is 2.67. The van der Waals surface area contributed by atoms with Crippen LogP contribution in [0.15, 0.2) is 30.3 Å². The van der Waals surface area contributed by atoms with Gasteiger partial charge in [0.1, 0.15) is 6.61 Å². The van der Waals surface area contributed by atoms with Crippen LogP contribution in [0, 0.1) is 0 Å². The predicted molar refractivity (Wildman–Crippen MR) is 74.5 cm³/mol. The van der Waals surface area contributed by atoms with Crippen LogP contribution in [-0.2, 0) is 9.53 Å². The molecule has 1 rings (SSSR count). The summed E-state index contributed by atoms with van der Waals surface area (Å²) >= 11 is 0. The number of rotatable bonds is 8. The third kappa shape index (κ3) is 6.19. The van der Waals surface area contributed by atoms with E-state index in [0.717, 1.165) is 12.0 Å². The first-order valence-electron chi connectivity index (χ1n) is 6.52. The molecule has 0 heterocycles. The Morgan fingerprint density at radius 2 is 2.00 bits per heavy atom. The maximum Gasteiger partial charge on any atom is 0.329 e. The molecule has 0 aliphatic heterocycles. The second-order valence-corrected chi connectivity index (χ2v) is 4.22. The number of hydrogen-bond donors (Lipinski definition) is 3. The van der Waals surface area contributed by atoms with E-state index in [0.29, 0.717) is 0 Å². The molecule has 1 unspecified atom stereocenters. The highest BCUT2D eigenvalue weighted by Gasteiger charge is 2.11. The van der Waals surface area contributed by atoms with E-state index in [1.807, 2.05) is 37.3 Å². The molecular weight excluding hydrogens is 260 g/mol. The maximum absolute atomic E-state index is 11.7. The molecule has 1 aromatic rings. The summed E-state index contributed by atoms with van der Waals surface area (Å²) in [5, 5.41) is 13.9. The standard InChI is InChI=1S/C14H20N2O4/c1-2-12(11-6-4-3-5-7-11)16-14(19)15-8-9-20-10-13(17)18/h3-7,12H,2,8-10H2,1H3,(H,17,18)(H2,15,16,19). The first kappa shape index (κ1) is 16.0. The Morgan fingerprint density at radius 3 is 2.60 bits per heavy atom. The summed E-state index contributed by atoms with van der Waals surface area (Å²) < 4.78 is 4.82. The SMILES string of the molecule is CCC(NC(=O)NCCOCC(=O)O)c1ccccc1. The van der Waals surface area contributed by atoms with E-state index in [2.05, 4.69) is 10.6 Å². The van der Waals surface area contributed by atoms with Crippen molar-refractivity contribution in [3.63, 3.8) is 0 Å². The zero-order chi connectivity index (χ0) is 14.8. The molecule has 0 fully saturated rings. The minimum atomic E-state index is -1.02. The molecule has 110 valence electrons. The van der Waals surface area contributed by atoms with Crippen molar-refractivity contribution in [2.45, 2.75) is 19.4 Å². The molecule has 3 N–H and O–H groups in total. The van der Waals surface area contributed by atoms with Crippen LogP contribution in [0.5, 0.6) is 0 Å². The number of carbonyl (C=O) groups excluding carboxylic acids is 1. The Labute approximate surface area is 118 Å². The van der Waals surface area contributed by atoms with Crippen LogP contribution in [0.1, 0.15) is 24.9 Å². The Bertz CT molecular complexity index is 422. The molecule has 0 radical (unpaired) electrons. The molecule has 0 aliphatic carbocycles. The quantitative estimate of drug-likeness (QED) is 0.630. The molecule has 0 aliphatic rings. The van der Waals surface area contributed by atoms with Crippen molar-refractivity contribution in [1.82, 2.24) is 10.6 Å². The lowest BCUT2D eigenvalue weighted by molar-refractivity contribution is -0.142. The number of carboxylic acids is 1. The Kier molecular flexibility index (Phi) is 7.13. The van der Waals surface area contributed by atoms with Crippen LogP contribution in [0.2, 0.25) is 0 Å². The topological polar surface area (TPSA) is 87.7 Å². The van der Waals surface area contributed by atoms with Crippen LogP contribution in [0.4, 0.5) is 4.79 Å². The van der Waals surface area contributed by atoms with Gasteiger partial charge in [-0.15, -0.1) is 0 Å². The molecule has 0 bridgehead atoms. The fraction of sp³-hybridized carbons (Fsp3) is 0.429. The van der Waals surface area contributed by atoms with Gasteiger partial charge in [-0.3, -0.25) is 0 Å². The number of aliphatic carboxylic acids is 1. The Hall–Kier alpha value is -2.08. The van der Waals surface area contributed by atoms with Crippen molar-refractivity contribution in [1.29, 1.82) is 0 Å². The van der Waals surface area contributed by atoms with Crippen molar-refractivity contribution < 1.29 is 19.4 Å². The molecule has 0 spiro atoms. The molecule has 20 heavy (non-hydrogen) atoms. The van der Waals surface area contributed by atoms with Crippen LogP contribution in [0.3, 0.4) is 0 Å². The summed E-state index contributed by atoms with van der Waals surface area (Å²) in [5.41, 5.74) is 1.05. The van der Waals surface area contributed by atoms with Gasteiger partial charge in [-0.2, -0.15) is 0 Å². The first-order valence-corrected chi connectivity index (χ1v) is 6.52. The predicted octanol–water partition coefficient (Wildman–Crippen LogP) is 1.54. The first-order chi connectivity index (χ1) is 9.63. The molecule has 6 nitrogen and oxygen atoms in total. The van der Waals surface area contributed by atoms with Crippen LogP contribution in [-0.4, -0.2) is 36.9 Å². The number of carboxylic acid groups (broad SMARTS) is 1. The summed E-state index contributed by atoms with van der Waals surface area (Å²) in [6, 6.07) is 9.37. The van der Waals surface area contributed by atoms with E-state index in [1.165, 1.54) is 0 Å². The lowest BCUT2D eigenvalue weighted by atomic mass is 10.1. The van der Waals surface area contributed by atoms with Gasteiger partial charge in [0.25, 0.3) is 0 Å². The van der Waals surface area contributed by atoms with E-state index >= 15 is 0 Å². The van der Waals surface area contributed by atoms with Gasteiger partial charge in [0, 0.05) is 6.54 Å². The van der Waals surface area contributed by atoms with E-state index in [-0.39, 0.29) is 31.8 Å². The highest BCUT2D eigenvalue weighted by Crippen LogP contribution is 2.15. The molecule has 2 amide bonds. The second kappa shape index (κ2) is 8.92. The lowest BCUT2D eigenvalue weighted by Crippen LogP contribution is -2.39. The van der Waals surface area contributed by atoms with Crippen molar-refractivity contribution in [2.24, 2.45) is 0 Å². The van der Waals surface area contributed by atoms with Crippen LogP contribution < -0.4 is 10.6 Å². The molecule has 0 saturated heterocycles. The highest BCUT2D eigenvalue weighted by molar-refractivity contribution is 5.74. The summed E-state index contributed by atoms with van der Waals surface area (Å²) in [4.78, 5) is 21.9. The molecule has 1 aromatic carbocycles. The number of nitrogens with one attached hydrogen (secondary N) is 2. The van der Waals surface area contributed by atoms with Gasteiger partial charge in [0.2, 0.25) is 0 Å². The third-order valence-corrected chi connectivity index (χ3v) is 2.67. The van der Waals surface area contributed by atoms with Crippen molar-refractivity contribution >= 4 is 12.0 Å². The van der Waals surface area contributed by atoms with Crippen molar-refractivity contribution in [2.75, 3.05) is 19.8 Å². The number of benzene rings is 1. The summed E-state index contributed by atoms with van der Waals surface area (Å²) in [6.07, 6.45) is 0.785. The van der Waals surface area contributed by atoms with E-state index < -0.39 is 5.97 Å². The average Bonchev–Trinajstić information content (AvgIpc) is 2.45. The lowest BCUT2D eigenvalue weighted by Gasteiger charge is -2.17. The van der Waals surface area contributed by atoms with Crippen LogP contribution in [0.25, 0.3) is 0 Å². The molecule has 6 heteroatoms. The number of amides is 2. The number of ether oxygens (including phenoxy) is 1. The largest absolute Gasteiger partial charge is 0.480 e.